The lowest BCUT2D eigenvalue weighted by Gasteiger charge is -2.09. The van der Waals surface area contributed by atoms with Gasteiger partial charge in [0.15, 0.2) is 23.1 Å². The van der Waals surface area contributed by atoms with Crippen molar-refractivity contribution in [2.45, 2.75) is 0 Å². The molecule has 0 saturated heterocycles. The van der Waals surface area contributed by atoms with Crippen molar-refractivity contribution < 1.29 is 4.42 Å². The minimum absolute atomic E-state index is 0.579. The Bertz CT molecular complexity index is 1520. The van der Waals surface area contributed by atoms with Crippen molar-refractivity contribution in [3.8, 4) is 34.2 Å². The van der Waals surface area contributed by atoms with E-state index in [9.17, 15) is 0 Å². The Balaban J connectivity index is 1.66. The van der Waals surface area contributed by atoms with Crippen LogP contribution in [0.2, 0.25) is 5.02 Å². The minimum Gasteiger partial charge on any atom is -0.454 e. The molecule has 0 aliphatic carbocycles. The van der Waals surface area contributed by atoms with E-state index in [4.69, 9.17) is 31.0 Å². The largest absolute Gasteiger partial charge is 0.454 e. The Morgan fingerprint density at radius 3 is 1.81 bits per heavy atom. The van der Waals surface area contributed by atoms with Crippen molar-refractivity contribution in [1.82, 2.24) is 15.0 Å². The van der Waals surface area contributed by atoms with Gasteiger partial charge in [-0.05, 0) is 12.1 Å². The van der Waals surface area contributed by atoms with E-state index in [-0.39, 0.29) is 0 Å². The van der Waals surface area contributed by atoms with Crippen LogP contribution in [0.4, 0.5) is 0 Å². The van der Waals surface area contributed by atoms with Crippen molar-refractivity contribution in [3.05, 3.63) is 102 Å². The van der Waals surface area contributed by atoms with Crippen molar-refractivity contribution in [2.75, 3.05) is 0 Å². The quantitative estimate of drug-likeness (QED) is 0.291. The van der Waals surface area contributed by atoms with E-state index >= 15 is 0 Å². The summed E-state index contributed by atoms with van der Waals surface area (Å²) in [7, 11) is 0. The molecule has 5 heteroatoms. The predicted octanol–water partition coefficient (Wildman–Crippen LogP) is 7.43. The number of para-hydroxylation sites is 1. The lowest BCUT2D eigenvalue weighted by Crippen LogP contribution is -2.00. The minimum atomic E-state index is 0.579. The van der Waals surface area contributed by atoms with Gasteiger partial charge >= 0.3 is 0 Å². The van der Waals surface area contributed by atoms with Gasteiger partial charge in [-0.3, -0.25) is 0 Å². The zero-order valence-electron chi connectivity index (χ0n) is 16.9. The van der Waals surface area contributed by atoms with Crippen LogP contribution in [0, 0.1) is 0 Å². The average Bonchev–Trinajstić information content (AvgIpc) is 3.25. The second-order valence-electron chi connectivity index (χ2n) is 7.44. The van der Waals surface area contributed by atoms with E-state index in [1.54, 1.807) is 0 Å². The summed E-state index contributed by atoms with van der Waals surface area (Å²) < 4.78 is 6.07. The fourth-order valence-corrected chi connectivity index (χ4v) is 4.14. The zero-order valence-corrected chi connectivity index (χ0v) is 17.6. The Morgan fingerprint density at radius 1 is 0.562 bits per heavy atom. The van der Waals surface area contributed by atoms with Crippen LogP contribution in [-0.4, -0.2) is 15.0 Å². The number of aromatic nitrogens is 3. The van der Waals surface area contributed by atoms with Crippen molar-refractivity contribution in [3.63, 3.8) is 0 Å². The number of nitrogens with zero attached hydrogens (tertiary/aromatic N) is 3. The number of fused-ring (bicyclic) bond motifs is 3. The van der Waals surface area contributed by atoms with Gasteiger partial charge in [0.05, 0.1) is 5.02 Å². The summed E-state index contributed by atoms with van der Waals surface area (Å²) >= 11 is 6.40. The van der Waals surface area contributed by atoms with Gasteiger partial charge < -0.3 is 4.42 Å². The van der Waals surface area contributed by atoms with Crippen LogP contribution in [-0.2, 0) is 0 Å². The van der Waals surface area contributed by atoms with Crippen LogP contribution in [0.1, 0.15) is 0 Å². The van der Waals surface area contributed by atoms with Crippen LogP contribution in [0.15, 0.2) is 101 Å². The normalized spacial score (nSPS) is 11.3. The summed E-state index contributed by atoms with van der Waals surface area (Å²) in [5.41, 5.74) is 4.15. The molecule has 0 aliphatic heterocycles. The highest BCUT2D eigenvalue weighted by molar-refractivity contribution is 6.36. The van der Waals surface area contributed by atoms with Crippen molar-refractivity contribution in [1.29, 1.82) is 0 Å². The molecule has 0 aliphatic rings. The lowest BCUT2D eigenvalue weighted by atomic mass is 10.1. The molecule has 0 saturated carbocycles. The molecular formula is C27H16ClN3O. The molecule has 0 atom stereocenters. The van der Waals surface area contributed by atoms with Gasteiger partial charge in [-0.2, -0.15) is 0 Å². The fourth-order valence-electron chi connectivity index (χ4n) is 3.93. The Morgan fingerprint density at radius 2 is 1.16 bits per heavy atom. The first-order chi connectivity index (χ1) is 15.8. The van der Waals surface area contributed by atoms with Gasteiger partial charge in [-0.15, -0.1) is 0 Å². The summed E-state index contributed by atoms with van der Waals surface area (Å²) in [4.78, 5) is 14.5. The van der Waals surface area contributed by atoms with Gasteiger partial charge in [0, 0.05) is 27.5 Å². The molecule has 0 spiro atoms. The van der Waals surface area contributed by atoms with Crippen LogP contribution in [0.3, 0.4) is 0 Å². The molecule has 4 nitrogen and oxygen atoms in total. The monoisotopic (exact) mass is 433 g/mol. The van der Waals surface area contributed by atoms with E-state index in [0.717, 1.165) is 33.0 Å². The van der Waals surface area contributed by atoms with E-state index in [1.165, 1.54) is 0 Å². The van der Waals surface area contributed by atoms with Crippen LogP contribution >= 0.6 is 11.6 Å². The SMILES string of the molecule is Clc1cccc2c1oc1cccc(-c3nc(-c4ccccc4)nc(-c4ccccc4)n3)c12. The molecule has 2 aromatic heterocycles. The first kappa shape index (κ1) is 18.7. The Kier molecular flexibility index (Phi) is 4.44. The number of hydrogen-bond acceptors (Lipinski definition) is 4. The molecule has 0 unspecified atom stereocenters. The van der Waals surface area contributed by atoms with Gasteiger partial charge in [-0.25, -0.2) is 15.0 Å². The van der Waals surface area contributed by atoms with Crippen LogP contribution < -0.4 is 0 Å². The Hall–Kier alpha value is -4.02. The third-order valence-corrected chi connectivity index (χ3v) is 5.71. The van der Waals surface area contributed by atoms with Gasteiger partial charge in [0.25, 0.3) is 0 Å². The number of rotatable bonds is 3. The molecule has 6 aromatic rings. The first-order valence-corrected chi connectivity index (χ1v) is 10.6. The van der Waals surface area contributed by atoms with Crippen molar-refractivity contribution >= 4 is 33.5 Å². The highest BCUT2D eigenvalue weighted by atomic mass is 35.5. The molecule has 0 radical (unpaired) electrons. The highest BCUT2D eigenvalue weighted by Gasteiger charge is 2.18. The van der Waals surface area contributed by atoms with E-state index in [0.29, 0.717) is 28.1 Å². The lowest BCUT2D eigenvalue weighted by molar-refractivity contribution is 0.669. The van der Waals surface area contributed by atoms with Gasteiger partial charge in [0.2, 0.25) is 0 Å². The predicted molar refractivity (Wildman–Crippen MR) is 128 cm³/mol. The Labute approximate surface area is 189 Å². The summed E-state index contributed by atoms with van der Waals surface area (Å²) in [6.45, 7) is 0. The standard InChI is InChI=1S/C27H16ClN3O/c28-21-15-7-13-19-23-20(14-8-16-22(23)32-24(19)21)27-30-25(17-9-3-1-4-10-17)29-26(31-27)18-11-5-2-6-12-18/h1-16H. The fraction of sp³-hybridized carbons (Fsp3) is 0. The van der Waals surface area contributed by atoms with E-state index in [1.807, 2.05) is 97.1 Å². The average molecular weight is 434 g/mol. The maximum Gasteiger partial charge on any atom is 0.164 e. The number of hydrogen-bond donors (Lipinski definition) is 0. The molecule has 0 bridgehead atoms. The van der Waals surface area contributed by atoms with E-state index < -0.39 is 0 Å². The molecule has 0 N–H and O–H groups in total. The van der Waals surface area contributed by atoms with Crippen LogP contribution in [0.25, 0.3) is 56.1 Å². The van der Waals surface area contributed by atoms with Crippen molar-refractivity contribution in [2.24, 2.45) is 0 Å². The third-order valence-electron chi connectivity index (χ3n) is 5.41. The third kappa shape index (κ3) is 3.13. The van der Waals surface area contributed by atoms with Gasteiger partial charge in [0.1, 0.15) is 5.58 Å². The van der Waals surface area contributed by atoms with Gasteiger partial charge in [-0.1, -0.05) is 96.5 Å². The van der Waals surface area contributed by atoms with Crippen LogP contribution in [0.5, 0.6) is 0 Å². The molecule has 32 heavy (non-hydrogen) atoms. The summed E-state index contributed by atoms with van der Waals surface area (Å²) in [6, 6.07) is 31.5. The highest BCUT2D eigenvalue weighted by Crippen LogP contribution is 2.38. The molecule has 4 aromatic carbocycles. The zero-order chi connectivity index (χ0) is 21.5. The van der Waals surface area contributed by atoms with E-state index in [2.05, 4.69) is 0 Å². The first-order valence-electron chi connectivity index (χ1n) is 10.2. The molecule has 0 amide bonds. The molecular weight excluding hydrogens is 418 g/mol. The maximum absolute atomic E-state index is 6.40. The molecule has 0 fully saturated rings. The smallest absolute Gasteiger partial charge is 0.164 e. The number of furan rings is 1. The molecule has 6 rings (SSSR count). The topological polar surface area (TPSA) is 51.8 Å². The maximum atomic E-state index is 6.40. The number of halogens is 1. The molecule has 2 heterocycles. The summed E-state index contributed by atoms with van der Waals surface area (Å²) in [6.07, 6.45) is 0. The molecule has 152 valence electrons. The second-order valence-corrected chi connectivity index (χ2v) is 7.84. The summed E-state index contributed by atoms with van der Waals surface area (Å²) in [5.74, 6) is 1.83. The number of benzene rings is 4. The second kappa shape index (κ2) is 7.59. The summed E-state index contributed by atoms with van der Waals surface area (Å²) in [5, 5.41) is 2.45.